The SMILES string of the molecule is CC1CCCC2C1C(=O)CCN2C(=O)O. The average molecular weight is 211 g/mol. The number of carbonyl (C=O) groups is 2. The molecule has 1 heterocycles. The highest BCUT2D eigenvalue weighted by atomic mass is 16.4. The van der Waals surface area contributed by atoms with Crippen LogP contribution in [0.4, 0.5) is 4.79 Å². The predicted molar refractivity (Wildman–Crippen MR) is 54.6 cm³/mol. The molecule has 2 fully saturated rings. The summed E-state index contributed by atoms with van der Waals surface area (Å²) < 4.78 is 0. The molecule has 1 aliphatic carbocycles. The van der Waals surface area contributed by atoms with Crippen LogP contribution in [0.15, 0.2) is 0 Å². The van der Waals surface area contributed by atoms with E-state index in [0.29, 0.717) is 18.9 Å². The van der Waals surface area contributed by atoms with E-state index in [1.807, 2.05) is 0 Å². The lowest BCUT2D eigenvalue weighted by molar-refractivity contribution is -0.132. The fraction of sp³-hybridized carbons (Fsp3) is 0.818. The molecule has 3 atom stereocenters. The lowest BCUT2D eigenvalue weighted by Gasteiger charge is -2.44. The Kier molecular flexibility index (Phi) is 2.67. The third-order valence-corrected chi connectivity index (χ3v) is 3.80. The lowest BCUT2D eigenvalue weighted by Crippen LogP contribution is -2.54. The van der Waals surface area contributed by atoms with Crippen molar-refractivity contribution in [2.45, 2.75) is 38.6 Å². The van der Waals surface area contributed by atoms with Crippen molar-refractivity contribution in [3.63, 3.8) is 0 Å². The van der Waals surface area contributed by atoms with Crippen molar-refractivity contribution in [3.8, 4) is 0 Å². The first-order valence-electron chi connectivity index (χ1n) is 5.63. The van der Waals surface area contributed by atoms with Gasteiger partial charge in [-0.2, -0.15) is 0 Å². The number of nitrogens with zero attached hydrogens (tertiary/aromatic N) is 1. The number of piperidine rings is 1. The third kappa shape index (κ3) is 1.73. The molecule has 15 heavy (non-hydrogen) atoms. The van der Waals surface area contributed by atoms with Gasteiger partial charge in [-0.25, -0.2) is 4.79 Å². The Morgan fingerprint density at radius 1 is 1.47 bits per heavy atom. The van der Waals surface area contributed by atoms with E-state index in [1.165, 1.54) is 4.90 Å². The smallest absolute Gasteiger partial charge is 0.407 e. The zero-order valence-electron chi connectivity index (χ0n) is 8.98. The number of likely N-dealkylation sites (tertiary alicyclic amines) is 1. The highest BCUT2D eigenvalue weighted by Gasteiger charge is 2.43. The molecule has 1 amide bonds. The number of rotatable bonds is 0. The third-order valence-electron chi connectivity index (χ3n) is 3.80. The second-order valence-corrected chi connectivity index (χ2v) is 4.69. The van der Waals surface area contributed by atoms with E-state index < -0.39 is 6.09 Å². The summed E-state index contributed by atoms with van der Waals surface area (Å²) in [6.07, 6.45) is 2.48. The average Bonchev–Trinajstić information content (AvgIpc) is 2.17. The van der Waals surface area contributed by atoms with E-state index in [9.17, 15) is 9.59 Å². The van der Waals surface area contributed by atoms with Crippen molar-refractivity contribution in [3.05, 3.63) is 0 Å². The van der Waals surface area contributed by atoms with Gasteiger partial charge in [0.2, 0.25) is 0 Å². The molecule has 0 aromatic carbocycles. The van der Waals surface area contributed by atoms with Gasteiger partial charge in [-0.05, 0) is 18.8 Å². The van der Waals surface area contributed by atoms with Crippen LogP contribution < -0.4 is 0 Å². The molecule has 0 aromatic heterocycles. The first kappa shape index (κ1) is 10.5. The van der Waals surface area contributed by atoms with Gasteiger partial charge in [0.05, 0.1) is 0 Å². The molecule has 0 aromatic rings. The van der Waals surface area contributed by atoms with Crippen LogP contribution >= 0.6 is 0 Å². The number of Topliss-reactive ketones (excluding diaryl/α,β-unsaturated/α-hetero) is 1. The van der Waals surface area contributed by atoms with E-state index in [0.717, 1.165) is 19.3 Å². The van der Waals surface area contributed by atoms with Crippen LogP contribution in [-0.4, -0.2) is 34.5 Å². The summed E-state index contributed by atoms with van der Waals surface area (Å²) in [7, 11) is 0. The summed E-state index contributed by atoms with van der Waals surface area (Å²) in [6, 6.07) is -0.0486. The van der Waals surface area contributed by atoms with Gasteiger partial charge in [0.15, 0.2) is 0 Å². The monoisotopic (exact) mass is 211 g/mol. The Morgan fingerprint density at radius 2 is 2.20 bits per heavy atom. The lowest BCUT2D eigenvalue weighted by atomic mass is 9.71. The minimum Gasteiger partial charge on any atom is -0.465 e. The van der Waals surface area contributed by atoms with Crippen molar-refractivity contribution in [2.24, 2.45) is 11.8 Å². The highest BCUT2D eigenvalue weighted by molar-refractivity contribution is 5.84. The first-order valence-corrected chi connectivity index (χ1v) is 5.63. The minimum absolute atomic E-state index is 0.0383. The molecule has 0 bridgehead atoms. The number of hydrogen-bond donors (Lipinski definition) is 1. The molecule has 1 saturated carbocycles. The van der Waals surface area contributed by atoms with Gasteiger partial charge < -0.3 is 10.0 Å². The van der Waals surface area contributed by atoms with Crippen LogP contribution in [0.3, 0.4) is 0 Å². The normalized spacial score (nSPS) is 36.2. The van der Waals surface area contributed by atoms with Crippen LogP contribution in [0.5, 0.6) is 0 Å². The molecular formula is C11H17NO3. The van der Waals surface area contributed by atoms with Gasteiger partial charge in [0, 0.05) is 24.9 Å². The van der Waals surface area contributed by atoms with Crippen molar-refractivity contribution in [1.82, 2.24) is 4.90 Å². The number of ketones is 1. The van der Waals surface area contributed by atoms with Gasteiger partial charge >= 0.3 is 6.09 Å². The van der Waals surface area contributed by atoms with Crippen LogP contribution in [-0.2, 0) is 4.79 Å². The highest BCUT2D eigenvalue weighted by Crippen LogP contribution is 2.37. The summed E-state index contributed by atoms with van der Waals surface area (Å²) in [5.74, 6) is 0.576. The molecule has 0 spiro atoms. The summed E-state index contributed by atoms with van der Waals surface area (Å²) in [6.45, 7) is 2.46. The van der Waals surface area contributed by atoms with Gasteiger partial charge in [-0.3, -0.25) is 4.79 Å². The van der Waals surface area contributed by atoms with Crippen LogP contribution in [0.1, 0.15) is 32.6 Å². The van der Waals surface area contributed by atoms with E-state index in [4.69, 9.17) is 5.11 Å². The predicted octanol–water partition coefficient (Wildman–Crippen LogP) is 1.74. The second-order valence-electron chi connectivity index (χ2n) is 4.69. The summed E-state index contributed by atoms with van der Waals surface area (Å²) >= 11 is 0. The van der Waals surface area contributed by atoms with E-state index in [2.05, 4.69) is 6.92 Å². The Bertz CT molecular complexity index is 290. The zero-order valence-corrected chi connectivity index (χ0v) is 8.98. The fourth-order valence-electron chi connectivity index (χ4n) is 3.07. The second kappa shape index (κ2) is 3.83. The van der Waals surface area contributed by atoms with Crippen molar-refractivity contribution >= 4 is 11.9 Å². The molecule has 84 valence electrons. The Labute approximate surface area is 89.3 Å². The quantitative estimate of drug-likeness (QED) is 0.664. The number of carboxylic acid groups (broad SMARTS) is 1. The van der Waals surface area contributed by atoms with E-state index >= 15 is 0 Å². The minimum atomic E-state index is -0.869. The van der Waals surface area contributed by atoms with Crippen molar-refractivity contribution in [1.29, 1.82) is 0 Å². The summed E-state index contributed by atoms with van der Waals surface area (Å²) in [5.41, 5.74) is 0. The van der Waals surface area contributed by atoms with Crippen LogP contribution in [0, 0.1) is 11.8 Å². The first-order chi connectivity index (χ1) is 7.11. The maximum absolute atomic E-state index is 11.8. The molecule has 1 N–H and O–H groups in total. The molecule has 4 heteroatoms. The van der Waals surface area contributed by atoms with Crippen LogP contribution in [0.25, 0.3) is 0 Å². The fourth-order valence-corrected chi connectivity index (χ4v) is 3.07. The summed E-state index contributed by atoms with van der Waals surface area (Å²) in [5, 5.41) is 9.06. The molecule has 1 aliphatic heterocycles. The van der Waals surface area contributed by atoms with Gasteiger partial charge in [0.25, 0.3) is 0 Å². The zero-order chi connectivity index (χ0) is 11.0. The Hall–Kier alpha value is -1.06. The van der Waals surface area contributed by atoms with E-state index in [-0.39, 0.29) is 17.7 Å². The Balaban J connectivity index is 2.21. The molecule has 2 aliphatic rings. The van der Waals surface area contributed by atoms with Crippen LogP contribution in [0.2, 0.25) is 0 Å². The molecule has 0 radical (unpaired) electrons. The molecule has 3 unspecified atom stereocenters. The maximum atomic E-state index is 11.8. The molecule has 1 saturated heterocycles. The van der Waals surface area contributed by atoms with Gasteiger partial charge in [-0.15, -0.1) is 0 Å². The van der Waals surface area contributed by atoms with Gasteiger partial charge in [0.1, 0.15) is 5.78 Å². The molecule has 2 rings (SSSR count). The molecule has 4 nitrogen and oxygen atoms in total. The largest absolute Gasteiger partial charge is 0.465 e. The van der Waals surface area contributed by atoms with Gasteiger partial charge in [-0.1, -0.05) is 13.3 Å². The number of amides is 1. The number of carbonyl (C=O) groups excluding carboxylic acids is 1. The van der Waals surface area contributed by atoms with Crippen molar-refractivity contribution < 1.29 is 14.7 Å². The summed E-state index contributed by atoms with van der Waals surface area (Å²) in [4.78, 5) is 24.3. The maximum Gasteiger partial charge on any atom is 0.407 e. The topological polar surface area (TPSA) is 57.6 Å². The standard InChI is InChI=1S/C11H17NO3/c1-7-3-2-4-8-10(7)9(13)5-6-12(8)11(14)15/h7-8,10H,2-6H2,1H3,(H,14,15). The van der Waals surface area contributed by atoms with E-state index in [1.54, 1.807) is 0 Å². The van der Waals surface area contributed by atoms with Crippen molar-refractivity contribution in [2.75, 3.05) is 6.54 Å². The number of hydrogen-bond acceptors (Lipinski definition) is 2. The number of fused-ring (bicyclic) bond motifs is 1. The Morgan fingerprint density at radius 3 is 2.87 bits per heavy atom. The molecular weight excluding hydrogens is 194 g/mol.